The molecule has 2 aliphatic carbocycles. The first-order chi connectivity index (χ1) is 21.8. The summed E-state index contributed by atoms with van der Waals surface area (Å²) in [4.78, 5) is 25.8. The highest BCUT2D eigenvalue weighted by Crippen LogP contribution is 2.40. The molecule has 0 aromatic heterocycles. The van der Waals surface area contributed by atoms with Crippen LogP contribution < -0.4 is 0 Å². The first kappa shape index (κ1) is 35.8. The number of nitrogens with zero attached hydrogens (tertiary/aromatic N) is 4. The molecule has 0 fully saturated rings. The zero-order chi connectivity index (χ0) is 34.9. The van der Waals surface area contributed by atoms with Gasteiger partial charge in [0.25, 0.3) is 0 Å². The average molecular weight is 670 g/mol. The maximum atomic E-state index is 13.2. The van der Waals surface area contributed by atoms with E-state index in [0.717, 1.165) is 33.4 Å². The maximum Gasteiger partial charge on any atom is 0.186 e. The molecule has 0 spiro atoms. The molecule has 0 unspecified atom stereocenters. The van der Waals surface area contributed by atoms with Gasteiger partial charge in [-0.2, -0.15) is 15.3 Å². The van der Waals surface area contributed by atoms with Crippen LogP contribution in [0.1, 0.15) is 69.2 Å². The number of ketones is 2. The number of allylic oxidation sites excluding steroid dienone is 10. The van der Waals surface area contributed by atoms with Gasteiger partial charge >= 0.3 is 0 Å². The van der Waals surface area contributed by atoms with Crippen LogP contribution >= 0.6 is 23.2 Å². The van der Waals surface area contributed by atoms with E-state index in [-0.39, 0.29) is 27.8 Å². The largest absolute Gasteiger partial charge is 0.289 e. The van der Waals surface area contributed by atoms with Gasteiger partial charge in [-0.1, -0.05) is 97.6 Å². The standard InChI is InChI=1S/C39H42Cl2N4O2/c1-23-14-24(15-29(35(23)46)37(2,3)4)21-42-44-27-13-11-12-26(18-27)28-19-33(41)34(20-32(28)40)45-43-22-25-16-30(38(5,6)7)36(47)31(17-25)39(8,9)10/h11-22H,1-10H3/b24-21-,44-42?,45-43?. The minimum absolute atomic E-state index is 0.0555. The van der Waals surface area contributed by atoms with Gasteiger partial charge in [0.05, 0.1) is 28.1 Å². The van der Waals surface area contributed by atoms with Gasteiger partial charge in [0, 0.05) is 22.3 Å². The lowest BCUT2D eigenvalue weighted by atomic mass is 9.72. The predicted octanol–water partition coefficient (Wildman–Crippen LogP) is 12.6. The highest BCUT2D eigenvalue weighted by Gasteiger charge is 2.34. The molecular weight excluding hydrogens is 627 g/mol. The van der Waals surface area contributed by atoms with Gasteiger partial charge in [0.15, 0.2) is 11.6 Å². The molecule has 0 amide bonds. The van der Waals surface area contributed by atoms with E-state index in [0.29, 0.717) is 32.6 Å². The van der Waals surface area contributed by atoms with Crippen molar-refractivity contribution >= 4 is 46.1 Å². The lowest BCUT2D eigenvalue weighted by molar-refractivity contribution is -0.114. The average Bonchev–Trinajstić information content (AvgIpc) is 2.95. The van der Waals surface area contributed by atoms with Crippen LogP contribution in [0, 0.1) is 16.2 Å². The second-order valence-electron chi connectivity index (χ2n) is 14.9. The van der Waals surface area contributed by atoms with E-state index in [1.165, 1.54) is 0 Å². The van der Waals surface area contributed by atoms with Crippen LogP contribution in [0.3, 0.4) is 0 Å². The van der Waals surface area contributed by atoms with Gasteiger partial charge in [0.2, 0.25) is 0 Å². The molecule has 0 aliphatic heterocycles. The van der Waals surface area contributed by atoms with Crippen LogP contribution in [-0.4, -0.2) is 11.6 Å². The Morgan fingerprint density at radius 2 is 1.13 bits per heavy atom. The van der Waals surface area contributed by atoms with Crippen molar-refractivity contribution in [2.75, 3.05) is 0 Å². The van der Waals surface area contributed by atoms with E-state index in [4.69, 9.17) is 23.2 Å². The predicted molar refractivity (Wildman–Crippen MR) is 193 cm³/mol. The molecule has 4 rings (SSSR count). The van der Waals surface area contributed by atoms with Crippen molar-refractivity contribution in [1.82, 2.24) is 0 Å². The van der Waals surface area contributed by atoms with Crippen molar-refractivity contribution in [2.24, 2.45) is 36.7 Å². The van der Waals surface area contributed by atoms with Crippen molar-refractivity contribution in [1.29, 1.82) is 0 Å². The summed E-state index contributed by atoms with van der Waals surface area (Å²) in [6, 6.07) is 10.9. The summed E-state index contributed by atoms with van der Waals surface area (Å²) < 4.78 is 0. The van der Waals surface area contributed by atoms with Crippen molar-refractivity contribution in [3.05, 3.63) is 117 Å². The number of azo groups is 2. The van der Waals surface area contributed by atoms with E-state index in [2.05, 4.69) is 20.5 Å². The molecule has 6 nitrogen and oxygen atoms in total. The number of hydrogen-bond donors (Lipinski definition) is 0. The molecule has 0 atom stereocenters. The molecular formula is C39H42Cl2N4O2. The zero-order valence-corrected chi connectivity index (χ0v) is 30.3. The van der Waals surface area contributed by atoms with Crippen LogP contribution in [0.15, 0.2) is 127 Å². The Morgan fingerprint density at radius 3 is 1.68 bits per heavy atom. The Hall–Kier alpha value is -4.00. The highest BCUT2D eigenvalue weighted by molar-refractivity contribution is 6.37. The summed E-state index contributed by atoms with van der Waals surface area (Å²) in [5.74, 6) is 0.119. The Kier molecular flexibility index (Phi) is 10.4. The molecule has 0 saturated heterocycles. The number of benzene rings is 2. The van der Waals surface area contributed by atoms with Gasteiger partial charge in [-0.3, -0.25) is 9.59 Å². The molecule has 47 heavy (non-hydrogen) atoms. The van der Waals surface area contributed by atoms with Gasteiger partial charge in [-0.15, -0.1) is 5.11 Å². The highest BCUT2D eigenvalue weighted by atomic mass is 35.5. The van der Waals surface area contributed by atoms with Gasteiger partial charge in [0.1, 0.15) is 5.69 Å². The summed E-state index contributed by atoms with van der Waals surface area (Å²) in [5.41, 5.74) is 6.17. The van der Waals surface area contributed by atoms with Crippen LogP contribution in [0.2, 0.25) is 10.0 Å². The Bertz CT molecular complexity index is 1840. The van der Waals surface area contributed by atoms with E-state index in [1.54, 1.807) is 24.5 Å². The molecule has 2 aliphatic rings. The number of Topliss-reactive ketones (excluding diaryl/α,β-unsaturated/α-hetero) is 2. The summed E-state index contributed by atoms with van der Waals surface area (Å²) in [5, 5.41) is 18.1. The van der Waals surface area contributed by atoms with Crippen molar-refractivity contribution < 1.29 is 9.59 Å². The Morgan fingerprint density at radius 1 is 0.617 bits per heavy atom. The minimum atomic E-state index is -0.318. The minimum Gasteiger partial charge on any atom is -0.289 e. The third-order valence-electron chi connectivity index (χ3n) is 7.78. The summed E-state index contributed by atoms with van der Waals surface area (Å²) in [6.07, 6.45) is 10.7. The second-order valence-corrected chi connectivity index (χ2v) is 15.7. The van der Waals surface area contributed by atoms with Gasteiger partial charge < -0.3 is 0 Å². The van der Waals surface area contributed by atoms with Gasteiger partial charge in [-0.05, 0) is 94.0 Å². The molecule has 8 heteroatoms. The lowest BCUT2D eigenvalue weighted by Crippen LogP contribution is -2.27. The smallest absolute Gasteiger partial charge is 0.186 e. The van der Waals surface area contributed by atoms with E-state index >= 15 is 0 Å². The fraction of sp³-hybridized carbons (Fsp3) is 0.333. The second kappa shape index (κ2) is 13.6. The van der Waals surface area contributed by atoms with Crippen molar-refractivity contribution in [2.45, 2.75) is 69.2 Å². The number of hydrogen-bond acceptors (Lipinski definition) is 6. The SMILES string of the molecule is CC1=C/C(=C/N=Nc2cccc(-c3cc(Cl)c(N=NC=C4C=C(C(C)(C)C)C(=O)C(C(C)(C)C)=C4)cc3Cl)c2)C=C(C(C)(C)C)C1=O. The maximum absolute atomic E-state index is 13.2. The van der Waals surface area contributed by atoms with Crippen LogP contribution in [0.25, 0.3) is 11.1 Å². The number of rotatable bonds is 5. The molecule has 244 valence electrons. The Labute approximate surface area is 288 Å². The molecule has 2 aromatic carbocycles. The van der Waals surface area contributed by atoms with E-state index in [9.17, 15) is 9.59 Å². The first-order valence-electron chi connectivity index (χ1n) is 15.5. The van der Waals surface area contributed by atoms with Crippen molar-refractivity contribution in [3.63, 3.8) is 0 Å². The third-order valence-corrected chi connectivity index (χ3v) is 8.39. The molecule has 0 radical (unpaired) electrons. The fourth-order valence-electron chi connectivity index (χ4n) is 5.16. The van der Waals surface area contributed by atoms with Crippen molar-refractivity contribution in [3.8, 4) is 11.1 Å². The quantitative estimate of drug-likeness (QED) is 0.297. The fourth-order valence-corrected chi connectivity index (χ4v) is 5.63. The number of halogens is 2. The summed E-state index contributed by atoms with van der Waals surface area (Å²) >= 11 is 13.4. The monoisotopic (exact) mass is 668 g/mol. The molecule has 2 aromatic rings. The first-order valence-corrected chi connectivity index (χ1v) is 16.3. The van der Waals surface area contributed by atoms with E-state index in [1.807, 2.05) is 118 Å². The van der Waals surface area contributed by atoms with E-state index < -0.39 is 0 Å². The summed E-state index contributed by atoms with van der Waals surface area (Å²) in [7, 11) is 0. The van der Waals surface area contributed by atoms with Crippen LogP contribution in [0.4, 0.5) is 11.4 Å². The molecule has 0 N–H and O–H groups in total. The number of carbonyl (C=O) groups excluding carboxylic acids is 2. The summed E-state index contributed by atoms with van der Waals surface area (Å²) in [6.45, 7) is 20.0. The molecule has 0 saturated carbocycles. The zero-order valence-electron chi connectivity index (χ0n) is 28.8. The lowest BCUT2D eigenvalue weighted by Gasteiger charge is -2.31. The normalized spacial score (nSPS) is 17.4. The molecule has 0 bridgehead atoms. The topological polar surface area (TPSA) is 83.6 Å². The molecule has 0 heterocycles. The third kappa shape index (κ3) is 8.68. The Balaban J connectivity index is 1.58. The number of carbonyl (C=O) groups is 2. The van der Waals surface area contributed by atoms with Crippen LogP contribution in [0.5, 0.6) is 0 Å². The van der Waals surface area contributed by atoms with Crippen LogP contribution in [-0.2, 0) is 9.59 Å². The van der Waals surface area contributed by atoms with Gasteiger partial charge in [-0.25, -0.2) is 0 Å².